The molecule has 3 aromatic heterocycles. The van der Waals surface area contributed by atoms with Gasteiger partial charge >= 0.3 is 23.9 Å². The zero-order valence-electron chi connectivity index (χ0n) is 89.3. The maximum Gasteiger partial charge on any atom is 0.328 e. The molecular formula is C113H176N12O16S3. The van der Waals surface area contributed by atoms with Crippen molar-refractivity contribution in [3.8, 4) is 17.6 Å². The number of hydrogen-bond acceptors (Lipinski definition) is 29. The minimum absolute atomic E-state index is 0.0257. The largest absolute Gasteiger partial charge is 0.478 e. The van der Waals surface area contributed by atoms with Crippen molar-refractivity contribution in [2.75, 3.05) is 133 Å². The Bertz CT molecular complexity index is 4270. The van der Waals surface area contributed by atoms with Crippen LogP contribution in [0.3, 0.4) is 0 Å². The van der Waals surface area contributed by atoms with Gasteiger partial charge in [0.05, 0.1) is 74.8 Å². The maximum atomic E-state index is 12.6. The highest BCUT2D eigenvalue weighted by Gasteiger charge is 2.28. The zero-order valence-corrected chi connectivity index (χ0v) is 91.7. The van der Waals surface area contributed by atoms with Crippen LogP contribution in [0.2, 0.25) is 0 Å². The molecule has 3 aromatic rings. The first-order chi connectivity index (χ1) is 69.3. The van der Waals surface area contributed by atoms with E-state index in [1.54, 1.807) is 0 Å². The van der Waals surface area contributed by atoms with E-state index in [4.69, 9.17) is 48.1 Å². The average Bonchev–Trinajstić information content (AvgIpc) is 1.71. The molecule has 6 heterocycles. The second-order valence-electron chi connectivity index (χ2n) is 37.7. The van der Waals surface area contributed by atoms with Crippen molar-refractivity contribution >= 4 is 82.3 Å². The van der Waals surface area contributed by atoms with E-state index in [9.17, 15) is 29.1 Å². The van der Waals surface area contributed by atoms with Crippen molar-refractivity contribution in [1.29, 1.82) is 0 Å². The molecule has 0 amide bonds. The number of carbonyl (C=O) groups is 5. The molecule has 0 saturated carbocycles. The summed E-state index contributed by atoms with van der Waals surface area (Å²) in [6.45, 7) is 41.7. The van der Waals surface area contributed by atoms with Gasteiger partial charge in [-0.25, -0.2) is 9.59 Å². The first-order valence-electron chi connectivity index (χ1n) is 51.4. The molecule has 0 aromatic carbocycles. The molecule has 0 aliphatic carbocycles. The normalized spacial score (nSPS) is 15.3. The molecule has 144 heavy (non-hydrogen) atoms. The third-order valence-electron chi connectivity index (χ3n) is 20.2. The summed E-state index contributed by atoms with van der Waals surface area (Å²) < 4.78 is 71.3. The number of carboxylic acid groups (broad SMARTS) is 2. The van der Waals surface area contributed by atoms with Crippen molar-refractivity contribution in [2.45, 2.75) is 293 Å². The highest BCUT2D eigenvalue weighted by Crippen LogP contribution is 2.30. The third kappa shape index (κ3) is 77.3. The van der Waals surface area contributed by atoms with Crippen LogP contribution in [-0.4, -0.2) is 225 Å². The fraction of sp³-hybridized carbons (Fsp3) is 0.566. The number of carboxylic acids is 2. The van der Waals surface area contributed by atoms with Gasteiger partial charge in [0.2, 0.25) is 17.5 Å². The number of ketones is 1. The number of carbonyl (C=O) groups excluding carboxylic acids is 3. The SMILES string of the molecule is CC(C)(C)NC[C@H](O)COc1nsnc1N1CCOCC1.CC/C=C\C/C=C\C/C=C\C/C=C\C/C=C\C/C=C\CCC(=O)C(C)(C)C.CC/C=C\C/C=C\C/C=C\C/C=C\C/C=C\C/C=C\CCC(=O)O[C@@H](CNC(C)(C)C)COc1nsnc1N1CCOCC1.CC/C=C\C/C=C\C/C=C\C/C=C\C/C=C\C/C=C\CCC(=O)O[C@@H](CNC(C)(C)C)COc1nsnc1N1CCOCC1.O=C(O)/C=C\C(=O)O. The maximum absolute atomic E-state index is 12.6. The van der Waals surface area contributed by atoms with Crippen molar-refractivity contribution < 1.29 is 77.2 Å². The van der Waals surface area contributed by atoms with E-state index in [1.165, 1.54) is 0 Å². The molecule has 3 fully saturated rings. The van der Waals surface area contributed by atoms with Crippen LogP contribution in [0.1, 0.15) is 258 Å². The minimum atomic E-state index is -1.26. The van der Waals surface area contributed by atoms with E-state index in [-0.39, 0.29) is 53.8 Å². The number of β-amino-alcohol motifs (C(OH)–C–C–N with tert-alkyl or cyclic N) is 1. The number of Topliss-reactive ketones (excluding diaryl/α,β-unsaturated/α-hetero) is 1. The van der Waals surface area contributed by atoms with Gasteiger partial charge in [0.1, 0.15) is 43.9 Å². The Morgan fingerprint density at radius 3 is 0.778 bits per heavy atom. The first-order valence-corrected chi connectivity index (χ1v) is 53.6. The van der Waals surface area contributed by atoms with E-state index >= 15 is 0 Å². The fourth-order valence-electron chi connectivity index (χ4n) is 12.4. The molecule has 6 N–H and O–H groups in total. The molecular weight excluding hydrogens is 1880 g/mol. The number of esters is 2. The van der Waals surface area contributed by atoms with Gasteiger partial charge < -0.3 is 83.9 Å². The van der Waals surface area contributed by atoms with Gasteiger partial charge in [-0.15, -0.1) is 13.1 Å². The van der Waals surface area contributed by atoms with Crippen molar-refractivity contribution in [2.24, 2.45) is 5.41 Å². The summed E-state index contributed by atoms with van der Waals surface area (Å²) >= 11 is 3.36. The van der Waals surface area contributed by atoms with Gasteiger partial charge in [-0.3, -0.25) is 14.4 Å². The van der Waals surface area contributed by atoms with Gasteiger partial charge in [0.15, 0.2) is 0 Å². The minimum Gasteiger partial charge on any atom is -0.478 e. The quantitative estimate of drug-likeness (QED) is 0.0174. The number of ether oxygens (including phenoxy) is 8. The van der Waals surface area contributed by atoms with E-state index < -0.39 is 30.3 Å². The predicted octanol–water partition coefficient (Wildman–Crippen LogP) is 23.4. The van der Waals surface area contributed by atoms with E-state index in [2.05, 4.69) is 347 Å². The second kappa shape index (κ2) is 84.9. The number of aliphatic hydroxyl groups excluding tert-OH is 1. The van der Waals surface area contributed by atoms with Crippen LogP contribution in [-0.2, 0) is 47.7 Å². The summed E-state index contributed by atoms with van der Waals surface area (Å²) in [4.78, 5) is 62.4. The van der Waals surface area contributed by atoms with Gasteiger partial charge in [0, 0.05) is 112 Å². The van der Waals surface area contributed by atoms with Crippen LogP contribution in [0.25, 0.3) is 0 Å². The topological polar surface area (TPSA) is 343 Å². The molecule has 3 saturated heterocycles. The van der Waals surface area contributed by atoms with Crippen molar-refractivity contribution in [3.05, 3.63) is 231 Å². The Hall–Kier alpha value is -10.2. The number of nitrogens with one attached hydrogen (secondary N) is 3. The van der Waals surface area contributed by atoms with Crippen LogP contribution < -0.4 is 44.9 Å². The Morgan fingerprint density at radius 2 is 0.549 bits per heavy atom. The number of aliphatic hydroxyl groups is 1. The number of allylic oxidation sites excluding steroid dienone is 36. The van der Waals surface area contributed by atoms with Gasteiger partial charge in [-0.2, -0.15) is 13.1 Å². The lowest BCUT2D eigenvalue weighted by Crippen LogP contribution is -2.44. The Labute approximate surface area is 876 Å². The average molecular weight is 2050 g/mol. The summed E-state index contributed by atoms with van der Waals surface area (Å²) in [6.07, 6.45) is 99.3. The van der Waals surface area contributed by atoms with Crippen molar-refractivity contribution in [3.63, 3.8) is 0 Å². The summed E-state index contributed by atoms with van der Waals surface area (Å²) in [7, 11) is 0. The molecule has 0 unspecified atom stereocenters. The summed E-state index contributed by atoms with van der Waals surface area (Å²) in [5.74, 6) is 1.00. The number of aromatic nitrogens is 6. The molecule has 0 spiro atoms. The molecule has 3 aliphatic rings. The lowest BCUT2D eigenvalue weighted by atomic mass is 9.88. The zero-order chi connectivity index (χ0) is 106. The van der Waals surface area contributed by atoms with Crippen molar-refractivity contribution in [1.82, 2.24) is 42.2 Å². The summed E-state index contributed by atoms with van der Waals surface area (Å²) in [6, 6.07) is 0. The number of morpholine rings is 3. The van der Waals surface area contributed by atoms with Crippen LogP contribution in [0.15, 0.2) is 231 Å². The smallest absolute Gasteiger partial charge is 0.328 e. The molecule has 802 valence electrons. The van der Waals surface area contributed by atoms with Crippen LogP contribution in [0.4, 0.5) is 17.5 Å². The second-order valence-corrected chi connectivity index (χ2v) is 39.3. The number of aliphatic carboxylic acids is 2. The monoisotopic (exact) mass is 2050 g/mol. The number of nitrogens with zero attached hydrogens (tertiary/aromatic N) is 9. The highest BCUT2D eigenvalue weighted by molar-refractivity contribution is 7.00. The van der Waals surface area contributed by atoms with Gasteiger partial charge in [0.25, 0.3) is 17.6 Å². The molecule has 3 atom stereocenters. The summed E-state index contributed by atoms with van der Waals surface area (Å²) in [5, 5.41) is 35.6. The van der Waals surface area contributed by atoms with E-state index in [1.807, 2.05) is 32.9 Å². The Balaban J connectivity index is 0.000000654. The number of rotatable bonds is 64. The molecule has 6 rings (SSSR count). The third-order valence-corrected chi connectivity index (χ3v) is 21.7. The molecule has 28 nitrogen and oxygen atoms in total. The molecule has 0 bridgehead atoms. The standard InChI is InChI=1S/2C35H54N4O4S.C26H40O.C13H24N4O3S.C4H4O4/c2*1-5-6-7-8-9-10-11-12-13-14-15-16-17-18-19-20-21-22-23-24-32(40)43-31(29-36-35(2,3)4)30-42-34-33(37-44-38-34)39-25-27-41-28-26-39;1-5-6-7-8-9-10-11-12-13-14-15-16-17-18-19-20-21-22-23-24-25(27)26(2,3)4;1-13(2,3)14-8-10(18)9-20-12-11(15-21-16-12)17-4-6-19-7-5-17;5-3(6)1-2-4(7)8/h2*6-7,9-10,12-13,15-16,18-19,21-22,31,36H,5,8,11,14,17,20,23-30H2,1-4H3;6-7,9-10,12-13,15-16,18-19,21-22H,5,8,11,14,17,20,23-24H2,1-4H3;10,14,18H,4-9H2,1-3H3;1-2H,(H,5,6)(H,7,8)/b3*7-6-,10-9-,13-12-,16-15-,19-18-,22-21-;;2-1-/t2*31-;;10-;/m00.0./s1. The van der Waals surface area contributed by atoms with E-state index in [0.29, 0.717) is 127 Å². The van der Waals surface area contributed by atoms with Crippen LogP contribution in [0, 0.1) is 5.41 Å². The summed E-state index contributed by atoms with van der Waals surface area (Å²) in [5.41, 5.74) is -0.462. The fourth-order valence-corrected chi connectivity index (χ4v) is 13.9. The molecule has 31 heteroatoms. The van der Waals surface area contributed by atoms with Crippen LogP contribution in [0.5, 0.6) is 17.6 Å². The first kappa shape index (κ1) is 130. The molecule has 0 radical (unpaired) electrons. The number of anilines is 3. The Kier molecular flexibility index (Phi) is 76.6. The lowest BCUT2D eigenvalue weighted by Gasteiger charge is -2.27. The van der Waals surface area contributed by atoms with Crippen LogP contribution >= 0.6 is 35.2 Å². The molecule has 3 aliphatic heterocycles. The number of hydrogen-bond donors (Lipinski definition) is 6. The predicted molar refractivity (Wildman–Crippen MR) is 596 cm³/mol. The van der Waals surface area contributed by atoms with Gasteiger partial charge in [-0.1, -0.05) is 260 Å². The highest BCUT2D eigenvalue weighted by atomic mass is 32.1. The Morgan fingerprint density at radius 1 is 0.326 bits per heavy atom. The lowest BCUT2D eigenvalue weighted by molar-refractivity contribution is -0.151. The van der Waals surface area contributed by atoms with Gasteiger partial charge in [-0.05, 0) is 197 Å². The van der Waals surface area contributed by atoms with E-state index in [0.717, 1.165) is 214 Å².